The maximum Gasteiger partial charge on any atom is 0.291 e. The van der Waals surface area contributed by atoms with Crippen LogP contribution in [0, 0.1) is 0 Å². The predicted octanol–water partition coefficient (Wildman–Crippen LogP) is 4.34. The summed E-state index contributed by atoms with van der Waals surface area (Å²) in [6, 6.07) is 14.5. The highest BCUT2D eigenvalue weighted by Gasteiger charge is 2.14. The van der Waals surface area contributed by atoms with E-state index in [4.69, 9.17) is 9.47 Å². The van der Waals surface area contributed by atoms with Crippen molar-refractivity contribution in [2.45, 2.75) is 26.3 Å². The van der Waals surface area contributed by atoms with Gasteiger partial charge in [-0.15, -0.1) is 11.8 Å². The first kappa shape index (κ1) is 21.8. The zero-order valence-corrected chi connectivity index (χ0v) is 17.8. The summed E-state index contributed by atoms with van der Waals surface area (Å²) in [6.45, 7) is 3.79. The zero-order chi connectivity index (χ0) is 21.2. The molecule has 0 aromatic heterocycles. The lowest BCUT2D eigenvalue weighted by molar-refractivity contribution is -0.116. The van der Waals surface area contributed by atoms with Gasteiger partial charge in [-0.1, -0.05) is 25.5 Å². The van der Waals surface area contributed by atoms with Gasteiger partial charge in [0.2, 0.25) is 0 Å². The topological polar surface area (TPSA) is 76.7 Å². The van der Waals surface area contributed by atoms with E-state index in [0.717, 1.165) is 29.9 Å². The van der Waals surface area contributed by atoms with Crippen LogP contribution in [-0.4, -0.2) is 30.8 Å². The Balaban J connectivity index is 1.47. The summed E-state index contributed by atoms with van der Waals surface area (Å²) in [7, 11) is 0. The fourth-order valence-electron chi connectivity index (χ4n) is 2.71. The molecule has 0 fully saturated rings. The van der Waals surface area contributed by atoms with Crippen LogP contribution in [0.15, 0.2) is 59.7 Å². The number of carbonyl (C=O) groups is 2. The molecule has 1 aliphatic heterocycles. The summed E-state index contributed by atoms with van der Waals surface area (Å²) >= 11 is 1.55. The quantitative estimate of drug-likeness (QED) is 0.584. The Morgan fingerprint density at radius 1 is 1.07 bits per heavy atom. The third-order valence-electron chi connectivity index (χ3n) is 4.42. The molecule has 7 heteroatoms. The van der Waals surface area contributed by atoms with Gasteiger partial charge in [-0.2, -0.15) is 0 Å². The second kappa shape index (κ2) is 11.3. The number of carbonyl (C=O) groups excluding carboxylic acids is 2. The number of hydrogen-bond donors (Lipinski definition) is 2. The molecular weight excluding hydrogens is 400 g/mol. The Morgan fingerprint density at radius 3 is 2.50 bits per heavy atom. The van der Waals surface area contributed by atoms with Crippen LogP contribution in [0.25, 0.3) is 0 Å². The second-order valence-corrected chi connectivity index (χ2v) is 7.74. The van der Waals surface area contributed by atoms with Crippen LogP contribution in [0.5, 0.6) is 5.75 Å². The van der Waals surface area contributed by atoms with Crippen molar-refractivity contribution in [3.05, 3.63) is 70.8 Å². The molecule has 158 valence electrons. The number of unbranched alkanes of at least 4 members (excludes halogenated alkanes) is 1. The van der Waals surface area contributed by atoms with E-state index in [9.17, 15) is 9.59 Å². The molecule has 2 aromatic carbocycles. The van der Waals surface area contributed by atoms with Crippen molar-refractivity contribution in [1.82, 2.24) is 5.32 Å². The molecule has 0 saturated carbocycles. The molecule has 2 aromatic rings. The van der Waals surface area contributed by atoms with E-state index < -0.39 is 0 Å². The van der Waals surface area contributed by atoms with Gasteiger partial charge in [0.05, 0.1) is 13.2 Å². The standard InChI is InChI=1S/C23H26N2O4S/c1-2-3-12-28-20-10-4-17(5-11-20)15-24-22(26)18-6-8-19(9-7-18)25-23(27)21-16-30-14-13-29-21/h4-11,16H,2-3,12-15H2,1H3,(H,24,26)(H,25,27). The molecule has 0 aliphatic carbocycles. The second-order valence-electron chi connectivity index (χ2n) is 6.76. The van der Waals surface area contributed by atoms with Gasteiger partial charge in [0, 0.05) is 29.0 Å². The zero-order valence-electron chi connectivity index (χ0n) is 17.0. The van der Waals surface area contributed by atoms with Gasteiger partial charge in [0.25, 0.3) is 11.8 Å². The molecule has 0 bridgehead atoms. The molecule has 1 aliphatic rings. The molecule has 2 N–H and O–H groups in total. The van der Waals surface area contributed by atoms with Crippen molar-refractivity contribution in [1.29, 1.82) is 0 Å². The summed E-state index contributed by atoms with van der Waals surface area (Å²) in [6.07, 6.45) is 2.13. The highest BCUT2D eigenvalue weighted by Crippen LogP contribution is 2.18. The number of anilines is 1. The van der Waals surface area contributed by atoms with E-state index >= 15 is 0 Å². The minimum Gasteiger partial charge on any atom is -0.494 e. The average Bonchev–Trinajstić information content (AvgIpc) is 2.79. The van der Waals surface area contributed by atoms with E-state index in [2.05, 4.69) is 17.6 Å². The number of ether oxygens (including phenoxy) is 2. The summed E-state index contributed by atoms with van der Waals surface area (Å²) < 4.78 is 11.0. The van der Waals surface area contributed by atoms with Gasteiger partial charge in [0.1, 0.15) is 5.75 Å². The van der Waals surface area contributed by atoms with E-state index in [1.54, 1.807) is 41.4 Å². The predicted molar refractivity (Wildman–Crippen MR) is 120 cm³/mol. The number of nitrogens with one attached hydrogen (secondary N) is 2. The molecule has 30 heavy (non-hydrogen) atoms. The Labute approximate surface area is 181 Å². The third kappa shape index (κ3) is 6.56. The van der Waals surface area contributed by atoms with Crippen molar-refractivity contribution in [2.24, 2.45) is 0 Å². The maximum atomic E-state index is 12.4. The normalized spacial score (nSPS) is 13.0. The van der Waals surface area contributed by atoms with Crippen molar-refractivity contribution in [3.8, 4) is 5.75 Å². The summed E-state index contributed by atoms with van der Waals surface area (Å²) in [5.74, 6) is 1.53. The smallest absolute Gasteiger partial charge is 0.291 e. The molecular formula is C23H26N2O4S. The lowest BCUT2D eigenvalue weighted by Gasteiger charge is -2.14. The van der Waals surface area contributed by atoms with Crippen LogP contribution in [0.4, 0.5) is 5.69 Å². The Morgan fingerprint density at radius 2 is 1.83 bits per heavy atom. The van der Waals surface area contributed by atoms with E-state index in [1.165, 1.54) is 0 Å². The first-order valence-electron chi connectivity index (χ1n) is 10.0. The number of hydrogen-bond acceptors (Lipinski definition) is 5. The van der Waals surface area contributed by atoms with Gasteiger partial charge in [-0.3, -0.25) is 9.59 Å². The summed E-state index contributed by atoms with van der Waals surface area (Å²) in [5.41, 5.74) is 2.13. The van der Waals surface area contributed by atoms with Crippen LogP contribution >= 0.6 is 11.8 Å². The highest BCUT2D eigenvalue weighted by molar-refractivity contribution is 8.02. The van der Waals surface area contributed by atoms with Gasteiger partial charge < -0.3 is 20.1 Å². The Bertz CT molecular complexity index is 879. The van der Waals surface area contributed by atoms with Gasteiger partial charge in [-0.25, -0.2) is 0 Å². The SMILES string of the molecule is CCCCOc1ccc(CNC(=O)c2ccc(NC(=O)C3=CSCCO3)cc2)cc1. The monoisotopic (exact) mass is 426 g/mol. The molecule has 0 saturated heterocycles. The third-order valence-corrected chi connectivity index (χ3v) is 5.20. The first-order valence-corrected chi connectivity index (χ1v) is 11.1. The lowest BCUT2D eigenvalue weighted by atomic mass is 10.1. The molecule has 3 rings (SSSR count). The van der Waals surface area contributed by atoms with Crippen LogP contribution in [0.2, 0.25) is 0 Å². The van der Waals surface area contributed by atoms with Gasteiger partial charge >= 0.3 is 0 Å². The van der Waals surface area contributed by atoms with Crippen LogP contribution in [0.3, 0.4) is 0 Å². The van der Waals surface area contributed by atoms with Crippen LogP contribution in [0.1, 0.15) is 35.7 Å². The fourth-order valence-corrected chi connectivity index (χ4v) is 3.33. The summed E-state index contributed by atoms with van der Waals surface area (Å²) in [4.78, 5) is 24.5. The Kier molecular flexibility index (Phi) is 8.20. The van der Waals surface area contributed by atoms with Crippen molar-refractivity contribution in [2.75, 3.05) is 24.3 Å². The van der Waals surface area contributed by atoms with E-state index in [-0.39, 0.29) is 11.8 Å². The number of rotatable bonds is 9. The maximum absolute atomic E-state index is 12.4. The lowest BCUT2D eigenvalue weighted by Crippen LogP contribution is -2.23. The van der Waals surface area contributed by atoms with Crippen molar-refractivity contribution in [3.63, 3.8) is 0 Å². The summed E-state index contributed by atoms with van der Waals surface area (Å²) in [5, 5.41) is 7.38. The van der Waals surface area contributed by atoms with Crippen LogP contribution < -0.4 is 15.4 Å². The molecule has 0 unspecified atom stereocenters. The minimum absolute atomic E-state index is 0.175. The van der Waals surface area contributed by atoms with E-state index in [1.807, 2.05) is 24.3 Å². The first-order chi connectivity index (χ1) is 14.7. The largest absolute Gasteiger partial charge is 0.494 e. The highest BCUT2D eigenvalue weighted by atomic mass is 32.2. The number of benzene rings is 2. The van der Waals surface area contributed by atoms with Gasteiger partial charge in [-0.05, 0) is 48.4 Å². The Hall–Kier alpha value is -2.93. The minimum atomic E-state index is -0.290. The fraction of sp³-hybridized carbons (Fsp3) is 0.304. The molecule has 0 radical (unpaired) electrons. The van der Waals surface area contributed by atoms with Gasteiger partial charge in [0.15, 0.2) is 5.76 Å². The molecule has 1 heterocycles. The van der Waals surface area contributed by atoms with Crippen LogP contribution in [-0.2, 0) is 16.1 Å². The van der Waals surface area contributed by atoms with Crippen molar-refractivity contribution >= 4 is 29.3 Å². The number of amides is 2. The average molecular weight is 427 g/mol. The van der Waals surface area contributed by atoms with Crippen molar-refractivity contribution < 1.29 is 19.1 Å². The molecule has 0 spiro atoms. The molecule has 6 nitrogen and oxygen atoms in total. The molecule has 0 atom stereocenters. The molecule has 2 amide bonds. The van der Waals surface area contributed by atoms with E-state index in [0.29, 0.717) is 36.8 Å². The number of thioether (sulfide) groups is 1.